The highest BCUT2D eigenvalue weighted by Crippen LogP contribution is 2.21. The number of aromatic nitrogens is 4. The van der Waals surface area contributed by atoms with Crippen molar-refractivity contribution in [3.8, 4) is 23.4 Å². The molecular weight excluding hydrogens is 416 g/mol. The normalized spacial score (nSPS) is 14.5. The number of hydrogen-bond acceptors (Lipinski definition) is 7. The molecule has 0 radical (unpaired) electrons. The molecule has 10 heteroatoms. The minimum Gasteiger partial charge on any atom is -0.461 e. The van der Waals surface area contributed by atoms with Crippen molar-refractivity contribution in [1.82, 2.24) is 24.5 Å². The van der Waals surface area contributed by atoms with Gasteiger partial charge in [0.1, 0.15) is 23.1 Å². The quantitative estimate of drug-likeness (QED) is 0.495. The first-order chi connectivity index (χ1) is 15.6. The van der Waals surface area contributed by atoms with Crippen LogP contribution >= 0.6 is 0 Å². The van der Waals surface area contributed by atoms with Crippen LogP contribution in [0.3, 0.4) is 0 Å². The summed E-state index contributed by atoms with van der Waals surface area (Å²) in [6.07, 6.45) is 1.55. The number of hydrogen-bond donors (Lipinski definition) is 1. The maximum Gasteiger partial charge on any atom is 0.255 e. The number of nitrogens with zero attached hydrogens (tertiary/aromatic N) is 6. The van der Waals surface area contributed by atoms with Crippen LogP contribution in [0.4, 0.5) is 20.3 Å². The highest BCUT2D eigenvalue weighted by Gasteiger charge is 2.19. The molecule has 4 heterocycles. The molecule has 0 spiro atoms. The Morgan fingerprint density at radius 2 is 1.91 bits per heavy atom. The monoisotopic (exact) mass is 435 g/mol. The minimum atomic E-state index is -0.573. The number of nitrogens with two attached hydrogens (primary N) is 1. The highest BCUT2D eigenvalue weighted by molar-refractivity contribution is 5.54. The molecule has 1 saturated heterocycles. The Hall–Kier alpha value is -3.97. The Morgan fingerprint density at radius 1 is 1.06 bits per heavy atom. The van der Waals surface area contributed by atoms with Crippen molar-refractivity contribution in [3.05, 3.63) is 60.0 Å². The van der Waals surface area contributed by atoms with Crippen molar-refractivity contribution in [1.29, 1.82) is 0 Å². The summed E-state index contributed by atoms with van der Waals surface area (Å²) in [6.45, 7) is 3.25. The van der Waals surface area contributed by atoms with Crippen molar-refractivity contribution in [2.75, 3.05) is 43.4 Å². The number of halogens is 2. The van der Waals surface area contributed by atoms with E-state index in [1.807, 2.05) is 4.90 Å². The van der Waals surface area contributed by atoms with Crippen LogP contribution in [0, 0.1) is 23.5 Å². The molecule has 1 aromatic carbocycles. The number of piperazine rings is 1. The van der Waals surface area contributed by atoms with Gasteiger partial charge in [-0.15, -0.1) is 5.10 Å². The van der Waals surface area contributed by atoms with Gasteiger partial charge >= 0.3 is 0 Å². The molecule has 0 bridgehead atoms. The van der Waals surface area contributed by atoms with E-state index in [2.05, 4.69) is 31.8 Å². The first-order valence-electron chi connectivity index (χ1n) is 10.1. The Labute approximate surface area is 182 Å². The Balaban J connectivity index is 1.24. The van der Waals surface area contributed by atoms with E-state index in [1.165, 1.54) is 16.6 Å². The number of fused-ring (bicyclic) bond motifs is 1. The van der Waals surface area contributed by atoms with Crippen LogP contribution in [0.1, 0.15) is 5.69 Å². The van der Waals surface area contributed by atoms with Crippen molar-refractivity contribution in [2.24, 2.45) is 0 Å². The smallest absolute Gasteiger partial charge is 0.255 e. The molecule has 0 unspecified atom stereocenters. The van der Waals surface area contributed by atoms with E-state index in [0.29, 0.717) is 54.2 Å². The van der Waals surface area contributed by atoms with Gasteiger partial charge in [0, 0.05) is 38.3 Å². The topological polar surface area (TPSA) is 88.7 Å². The fraction of sp³-hybridized carbons (Fsp3) is 0.227. The zero-order chi connectivity index (χ0) is 22.1. The molecule has 8 nitrogen and oxygen atoms in total. The van der Waals surface area contributed by atoms with Gasteiger partial charge in [-0.3, -0.25) is 4.90 Å². The second-order valence-electron chi connectivity index (χ2n) is 7.35. The Bertz CT molecular complexity index is 1320. The molecule has 32 heavy (non-hydrogen) atoms. The average Bonchev–Trinajstić information content (AvgIpc) is 3.45. The molecule has 1 fully saturated rings. The predicted octanol–water partition coefficient (Wildman–Crippen LogP) is 2.42. The Kier molecular flexibility index (Phi) is 5.17. The highest BCUT2D eigenvalue weighted by atomic mass is 19.1. The van der Waals surface area contributed by atoms with Crippen molar-refractivity contribution >= 4 is 17.3 Å². The SMILES string of the molecule is Nc1cc(C#CCN2CCN(c3ccc(F)cc3F)CC2)nc2nc(-c3ccco3)nn12. The van der Waals surface area contributed by atoms with E-state index in [0.717, 1.165) is 19.2 Å². The molecule has 5 rings (SSSR count). The number of rotatable bonds is 3. The summed E-state index contributed by atoms with van der Waals surface area (Å²) >= 11 is 0. The zero-order valence-electron chi connectivity index (χ0n) is 17.0. The van der Waals surface area contributed by atoms with Gasteiger partial charge in [-0.05, 0) is 30.2 Å². The lowest BCUT2D eigenvalue weighted by atomic mass is 10.2. The minimum absolute atomic E-state index is 0.343. The van der Waals surface area contributed by atoms with Gasteiger partial charge in [-0.2, -0.15) is 9.50 Å². The lowest BCUT2D eigenvalue weighted by Gasteiger charge is -2.35. The molecule has 4 aromatic rings. The molecule has 2 N–H and O–H groups in total. The van der Waals surface area contributed by atoms with E-state index >= 15 is 0 Å². The van der Waals surface area contributed by atoms with E-state index in [9.17, 15) is 8.78 Å². The summed E-state index contributed by atoms with van der Waals surface area (Å²) in [5.74, 6) is 6.67. The molecular formula is C22H19F2N7O. The first kappa shape index (κ1) is 20.0. The molecule has 0 atom stereocenters. The van der Waals surface area contributed by atoms with E-state index in [4.69, 9.17) is 10.2 Å². The van der Waals surface area contributed by atoms with Crippen LogP contribution < -0.4 is 10.6 Å². The summed E-state index contributed by atoms with van der Waals surface area (Å²) in [7, 11) is 0. The van der Waals surface area contributed by atoms with Gasteiger partial charge in [0.2, 0.25) is 5.82 Å². The van der Waals surface area contributed by atoms with Gasteiger partial charge in [0.15, 0.2) is 5.76 Å². The largest absolute Gasteiger partial charge is 0.461 e. The third-order valence-corrected chi connectivity index (χ3v) is 5.22. The number of nitrogen functional groups attached to an aromatic ring is 1. The lowest BCUT2D eigenvalue weighted by Crippen LogP contribution is -2.46. The summed E-state index contributed by atoms with van der Waals surface area (Å²) in [5.41, 5.74) is 7.01. The van der Waals surface area contributed by atoms with Crippen molar-refractivity contribution < 1.29 is 13.2 Å². The summed E-state index contributed by atoms with van der Waals surface area (Å²) < 4.78 is 33.9. The van der Waals surface area contributed by atoms with Crippen LogP contribution in [0.25, 0.3) is 17.4 Å². The standard InChI is InChI=1S/C22H19F2N7O/c23-15-5-6-18(17(24)13-15)30-10-8-29(9-11-30)7-1-3-16-14-20(25)31-22(26-16)27-21(28-31)19-4-2-12-32-19/h2,4-6,12-14H,7-11,25H2. The summed E-state index contributed by atoms with van der Waals surface area (Å²) in [6, 6.07) is 8.83. The van der Waals surface area contributed by atoms with Crippen LogP contribution in [-0.2, 0) is 0 Å². The van der Waals surface area contributed by atoms with Crippen LogP contribution in [0.15, 0.2) is 47.1 Å². The molecule has 3 aromatic heterocycles. The molecule has 162 valence electrons. The van der Waals surface area contributed by atoms with Gasteiger partial charge in [0.05, 0.1) is 18.5 Å². The van der Waals surface area contributed by atoms with E-state index in [-0.39, 0.29) is 0 Å². The lowest BCUT2D eigenvalue weighted by molar-refractivity contribution is 0.287. The van der Waals surface area contributed by atoms with Crippen LogP contribution in [-0.4, -0.2) is 57.2 Å². The molecule has 0 saturated carbocycles. The van der Waals surface area contributed by atoms with E-state index in [1.54, 1.807) is 24.5 Å². The molecule has 0 aliphatic carbocycles. The van der Waals surface area contributed by atoms with Gasteiger partial charge in [-0.25, -0.2) is 13.8 Å². The fourth-order valence-electron chi connectivity index (χ4n) is 3.59. The molecule has 0 amide bonds. The maximum absolute atomic E-state index is 14.0. The van der Waals surface area contributed by atoms with Gasteiger partial charge < -0.3 is 15.1 Å². The average molecular weight is 435 g/mol. The van der Waals surface area contributed by atoms with Crippen LogP contribution in [0.5, 0.6) is 0 Å². The number of furan rings is 1. The third kappa shape index (κ3) is 3.98. The zero-order valence-corrected chi connectivity index (χ0v) is 17.0. The number of anilines is 2. The van der Waals surface area contributed by atoms with Crippen molar-refractivity contribution in [3.63, 3.8) is 0 Å². The molecule has 1 aliphatic rings. The predicted molar refractivity (Wildman–Crippen MR) is 115 cm³/mol. The third-order valence-electron chi connectivity index (χ3n) is 5.22. The summed E-state index contributed by atoms with van der Waals surface area (Å²) in [5, 5.41) is 4.31. The Morgan fingerprint density at radius 3 is 2.66 bits per heavy atom. The van der Waals surface area contributed by atoms with Gasteiger partial charge in [-0.1, -0.05) is 5.92 Å². The summed E-state index contributed by atoms with van der Waals surface area (Å²) in [4.78, 5) is 12.8. The number of benzene rings is 1. The fourth-order valence-corrected chi connectivity index (χ4v) is 3.59. The van der Waals surface area contributed by atoms with Gasteiger partial charge in [0.25, 0.3) is 5.78 Å². The maximum atomic E-state index is 14.0. The first-order valence-corrected chi connectivity index (χ1v) is 10.1. The molecule has 1 aliphatic heterocycles. The van der Waals surface area contributed by atoms with E-state index < -0.39 is 11.6 Å². The van der Waals surface area contributed by atoms with Crippen LogP contribution in [0.2, 0.25) is 0 Å². The van der Waals surface area contributed by atoms with Crippen molar-refractivity contribution in [2.45, 2.75) is 0 Å². The second kappa shape index (κ2) is 8.28. The second-order valence-corrected chi connectivity index (χ2v) is 7.35.